The number of imidazole rings is 1. The van der Waals surface area contributed by atoms with Gasteiger partial charge in [0.25, 0.3) is 5.91 Å². The number of benzene rings is 1. The average molecular weight is 470 g/mol. The minimum atomic E-state index is -4.61. The van der Waals surface area contributed by atoms with Gasteiger partial charge in [-0.3, -0.25) is 9.59 Å². The summed E-state index contributed by atoms with van der Waals surface area (Å²) in [4.78, 5) is 43.1. The van der Waals surface area contributed by atoms with Crippen LogP contribution in [-0.2, 0) is 11.3 Å². The van der Waals surface area contributed by atoms with Crippen LogP contribution in [0.15, 0.2) is 24.3 Å². The third kappa shape index (κ3) is 5.55. The Balaban J connectivity index is 2.05. The van der Waals surface area contributed by atoms with Crippen molar-refractivity contribution < 1.29 is 37.8 Å². The summed E-state index contributed by atoms with van der Waals surface area (Å²) in [6, 6.07) is 5.24. The molecule has 1 aliphatic rings. The standard InChI is InChI=1S/C21H25F3N4O5/c1-12(2)8-27(14-7-13(19(30)31)9-26(10-14)20(32)33)18(29)17-25-15-5-3-4-6-16(15)28(17)11-21(22,23)24/h3-6,12-14H,7-11H2,1-2H3,(H,30,31)(H,32,33)/t13-,14+/m1/s1. The lowest BCUT2D eigenvalue weighted by Gasteiger charge is -2.41. The van der Waals surface area contributed by atoms with Crippen molar-refractivity contribution in [3.63, 3.8) is 0 Å². The second kappa shape index (κ2) is 9.28. The first kappa shape index (κ1) is 24.3. The lowest BCUT2D eigenvalue weighted by atomic mass is 9.92. The summed E-state index contributed by atoms with van der Waals surface area (Å²) in [5.74, 6) is -3.58. The Morgan fingerprint density at radius 3 is 2.42 bits per heavy atom. The number of hydrogen-bond acceptors (Lipinski definition) is 4. The highest BCUT2D eigenvalue weighted by molar-refractivity contribution is 5.95. The van der Waals surface area contributed by atoms with Gasteiger partial charge in [-0.25, -0.2) is 9.78 Å². The number of aromatic nitrogens is 2. The third-order valence-corrected chi connectivity index (χ3v) is 5.49. The van der Waals surface area contributed by atoms with Crippen molar-refractivity contribution in [3.05, 3.63) is 30.1 Å². The Morgan fingerprint density at radius 2 is 1.85 bits per heavy atom. The summed E-state index contributed by atoms with van der Waals surface area (Å²) >= 11 is 0. The number of carboxylic acids is 1. The van der Waals surface area contributed by atoms with Crippen LogP contribution in [0.25, 0.3) is 11.0 Å². The fraction of sp³-hybridized carbons (Fsp3) is 0.524. The fourth-order valence-corrected chi connectivity index (χ4v) is 4.13. The third-order valence-electron chi connectivity index (χ3n) is 5.49. The van der Waals surface area contributed by atoms with Crippen molar-refractivity contribution in [1.29, 1.82) is 0 Å². The largest absolute Gasteiger partial charge is 0.481 e. The van der Waals surface area contributed by atoms with Gasteiger partial charge in [-0.2, -0.15) is 13.2 Å². The van der Waals surface area contributed by atoms with E-state index in [0.717, 1.165) is 9.47 Å². The van der Waals surface area contributed by atoms with Gasteiger partial charge in [0.05, 0.1) is 23.0 Å². The average Bonchev–Trinajstić information content (AvgIpc) is 3.08. The van der Waals surface area contributed by atoms with E-state index < -0.39 is 48.5 Å². The number of alkyl halides is 3. The highest BCUT2D eigenvalue weighted by atomic mass is 19.4. The Morgan fingerprint density at radius 1 is 1.18 bits per heavy atom. The van der Waals surface area contributed by atoms with E-state index in [9.17, 15) is 37.8 Å². The lowest BCUT2D eigenvalue weighted by Crippen LogP contribution is -2.56. The van der Waals surface area contributed by atoms with E-state index in [1.165, 1.54) is 17.0 Å². The number of halogens is 3. The van der Waals surface area contributed by atoms with E-state index in [0.29, 0.717) is 0 Å². The number of carbonyl (C=O) groups excluding carboxylic acids is 1. The van der Waals surface area contributed by atoms with E-state index in [1.807, 2.05) is 0 Å². The molecule has 1 fully saturated rings. The van der Waals surface area contributed by atoms with Crippen LogP contribution >= 0.6 is 0 Å². The zero-order valence-electron chi connectivity index (χ0n) is 18.1. The number of piperidine rings is 1. The molecule has 3 rings (SSSR count). The van der Waals surface area contributed by atoms with Crippen LogP contribution in [0, 0.1) is 11.8 Å². The zero-order valence-corrected chi connectivity index (χ0v) is 18.1. The van der Waals surface area contributed by atoms with Crippen molar-refractivity contribution in [2.45, 2.75) is 39.0 Å². The molecule has 0 spiro atoms. The number of rotatable bonds is 6. The number of hydrogen-bond donors (Lipinski definition) is 2. The Bertz CT molecular complexity index is 1030. The quantitative estimate of drug-likeness (QED) is 0.670. The first-order chi connectivity index (χ1) is 15.4. The van der Waals surface area contributed by atoms with Crippen molar-refractivity contribution in [3.8, 4) is 0 Å². The molecular weight excluding hydrogens is 445 g/mol. The molecular formula is C21H25F3N4O5. The molecule has 2 atom stereocenters. The molecule has 1 aromatic carbocycles. The molecule has 12 heteroatoms. The molecule has 2 N–H and O–H groups in total. The van der Waals surface area contributed by atoms with Gasteiger partial charge in [-0.15, -0.1) is 0 Å². The van der Waals surface area contributed by atoms with Gasteiger partial charge in [0.15, 0.2) is 0 Å². The minimum absolute atomic E-state index is 0.0168. The SMILES string of the molecule is CC(C)CN(C(=O)c1nc2ccccc2n1CC(F)(F)F)[C@H]1C[C@@H](C(=O)O)CN(C(=O)O)C1. The number of carbonyl (C=O) groups is 3. The maximum Gasteiger partial charge on any atom is 0.407 e. The maximum absolute atomic E-state index is 13.6. The normalized spacial score (nSPS) is 19.2. The lowest BCUT2D eigenvalue weighted by molar-refractivity contribution is -0.144. The zero-order chi connectivity index (χ0) is 24.5. The number of fused-ring (bicyclic) bond motifs is 1. The first-order valence-electron chi connectivity index (χ1n) is 10.4. The molecule has 0 aliphatic carbocycles. The second-order valence-corrected chi connectivity index (χ2v) is 8.59. The molecule has 1 aliphatic heterocycles. The molecule has 180 valence electrons. The van der Waals surface area contributed by atoms with Gasteiger partial charge in [0, 0.05) is 19.6 Å². The summed E-state index contributed by atoms with van der Waals surface area (Å²) in [5.41, 5.74) is 0.357. The number of aliphatic carboxylic acids is 1. The van der Waals surface area contributed by atoms with E-state index in [4.69, 9.17) is 0 Å². The molecule has 1 aromatic heterocycles. The number of amides is 2. The highest BCUT2D eigenvalue weighted by Crippen LogP contribution is 2.27. The van der Waals surface area contributed by atoms with Crippen LogP contribution in [0.1, 0.15) is 30.9 Å². The van der Waals surface area contributed by atoms with E-state index in [2.05, 4.69) is 4.98 Å². The number of carboxylic acid groups (broad SMARTS) is 2. The van der Waals surface area contributed by atoms with Crippen LogP contribution in [0.3, 0.4) is 0 Å². The molecule has 0 bridgehead atoms. The topological polar surface area (TPSA) is 116 Å². The van der Waals surface area contributed by atoms with Gasteiger partial charge in [-0.1, -0.05) is 26.0 Å². The fourth-order valence-electron chi connectivity index (χ4n) is 4.13. The summed E-state index contributed by atoms with van der Waals surface area (Å²) in [6.07, 6.45) is -5.95. The molecule has 0 saturated carbocycles. The molecule has 0 unspecified atom stereocenters. The molecule has 1 saturated heterocycles. The Hall–Kier alpha value is -3.31. The van der Waals surface area contributed by atoms with Crippen molar-refractivity contribution in [2.75, 3.05) is 19.6 Å². The molecule has 0 radical (unpaired) electrons. The number of nitrogens with zero attached hydrogens (tertiary/aromatic N) is 4. The summed E-state index contributed by atoms with van der Waals surface area (Å²) in [5, 5.41) is 18.9. The smallest absolute Gasteiger partial charge is 0.407 e. The number of para-hydroxylation sites is 2. The van der Waals surface area contributed by atoms with Gasteiger partial charge < -0.3 is 24.6 Å². The first-order valence-corrected chi connectivity index (χ1v) is 10.4. The Labute approximate surface area is 187 Å². The summed E-state index contributed by atoms with van der Waals surface area (Å²) in [7, 11) is 0. The van der Waals surface area contributed by atoms with Gasteiger partial charge >= 0.3 is 18.2 Å². The maximum atomic E-state index is 13.6. The molecule has 33 heavy (non-hydrogen) atoms. The van der Waals surface area contributed by atoms with Gasteiger partial charge in [-0.05, 0) is 24.5 Å². The molecule has 2 aromatic rings. The van der Waals surface area contributed by atoms with Gasteiger partial charge in [0.1, 0.15) is 6.54 Å². The van der Waals surface area contributed by atoms with Crippen LogP contribution in [0.2, 0.25) is 0 Å². The van der Waals surface area contributed by atoms with E-state index >= 15 is 0 Å². The van der Waals surface area contributed by atoms with Crippen LogP contribution < -0.4 is 0 Å². The summed E-state index contributed by atoms with van der Waals surface area (Å²) < 4.78 is 40.8. The van der Waals surface area contributed by atoms with Crippen LogP contribution in [-0.4, -0.2) is 79.4 Å². The van der Waals surface area contributed by atoms with E-state index in [1.54, 1.807) is 26.0 Å². The molecule has 2 amide bonds. The monoisotopic (exact) mass is 470 g/mol. The predicted octanol–water partition coefficient (Wildman–Crippen LogP) is 3.15. The second-order valence-electron chi connectivity index (χ2n) is 8.59. The van der Waals surface area contributed by atoms with Crippen LogP contribution in [0.4, 0.5) is 18.0 Å². The summed E-state index contributed by atoms with van der Waals surface area (Å²) in [6.45, 7) is 1.90. The van der Waals surface area contributed by atoms with Crippen molar-refractivity contribution in [1.82, 2.24) is 19.4 Å². The van der Waals surface area contributed by atoms with Crippen molar-refractivity contribution >= 4 is 29.0 Å². The highest BCUT2D eigenvalue weighted by Gasteiger charge is 2.40. The van der Waals surface area contributed by atoms with Crippen molar-refractivity contribution in [2.24, 2.45) is 11.8 Å². The molecule has 9 nitrogen and oxygen atoms in total. The number of likely N-dealkylation sites (tertiary alicyclic amines) is 1. The predicted molar refractivity (Wildman–Crippen MR) is 111 cm³/mol. The minimum Gasteiger partial charge on any atom is -0.481 e. The van der Waals surface area contributed by atoms with Gasteiger partial charge in [0.2, 0.25) is 5.82 Å². The molecule has 2 heterocycles. The van der Waals surface area contributed by atoms with E-state index in [-0.39, 0.29) is 43.0 Å². The van der Waals surface area contributed by atoms with Crippen LogP contribution in [0.5, 0.6) is 0 Å². The Kier molecular flexibility index (Phi) is 6.84.